The first kappa shape index (κ1) is 27.3. The number of carbonyl (C=O) groups excluding carboxylic acids is 1. The lowest BCUT2D eigenvalue weighted by Gasteiger charge is -2.25. The van der Waals surface area contributed by atoms with E-state index in [2.05, 4.69) is 70.4 Å². The minimum atomic E-state index is -0.762. The van der Waals surface area contributed by atoms with E-state index < -0.39 is 5.41 Å². The molecule has 0 saturated heterocycles. The predicted molar refractivity (Wildman–Crippen MR) is 151 cm³/mol. The van der Waals surface area contributed by atoms with E-state index in [0.29, 0.717) is 11.4 Å². The van der Waals surface area contributed by atoms with Crippen LogP contribution in [0.5, 0.6) is 5.75 Å². The third-order valence-electron chi connectivity index (χ3n) is 5.95. The molecule has 0 unspecified atom stereocenters. The Balaban J connectivity index is 2.29. The topological polar surface area (TPSA) is 51.5 Å². The molecule has 2 aromatic carbocycles. The number of esters is 1. The van der Waals surface area contributed by atoms with Gasteiger partial charge in [-0.3, -0.25) is 4.79 Å². The predicted octanol–water partition coefficient (Wildman–Crippen LogP) is 7.50. The third kappa shape index (κ3) is 5.92. The Hall–Kier alpha value is -2.31. The number of carbonyl (C=O) groups is 1. The molecule has 0 saturated carbocycles. The number of benzene rings is 2. The molecule has 0 fully saturated rings. The normalized spacial score (nSPS) is 12.7. The van der Waals surface area contributed by atoms with E-state index in [1.807, 2.05) is 19.9 Å². The molecule has 0 aliphatic rings. The quantitative estimate of drug-likeness (QED) is 0.218. The van der Waals surface area contributed by atoms with Crippen molar-refractivity contribution in [1.82, 2.24) is 4.57 Å². The van der Waals surface area contributed by atoms with Crippen molar-refractivity contribution in [2.75, 3.05) is 7.11 Å². The Morgan fingerprint density at radius 1 is 1.00 bits per heavy atom. The highest BCUT2D eigenvalue weighted by atomic mass is 32.2. The van der Waals surface area contributed by atoms with Crippen LogP contribution < -0.4 is 0 Å². The molecule has 0 aliphatic heterocycles. The molecule has 0 aliphatic carbocycles. The number of hydrogen-bond donors (Lipinski definition) is 1. The van der Waals surface area contributed by atoms with E-state index in [4.69, 9.17) is 17.0 Å². The smallest absolute Gasteiger partial charge is 0.311 e. The van der Waals surface area contributed by atoms with Gasteiger partial charge in [0.25, 0.3) is 0 Å². The fourth-order valence-electron chi connectivity index (χ4n) is 4.12. The summed E-state index contributed by atoms with van der Waals surface area (Å²) in [6, 6.07) is 13.8. The number of aromatic hydroxyl groups is 1. The lowest BCUT2D eigenvalue weighted by atomic mass is 9.86. The van der Waals surface area contributed by atoms with Crippen LogP contribution in [0.4, 0.5) is 0 Å². The average molecular weight is 512 g/mol. The molecule has 4 nitrogen and oxygen atoms in total. The van der Waals surface area contributed by atoms with E-state index >= 15 is 0 Å². The van der Waals surface area contributed by atoms with E-state index in [0.717, 1.165) is 27.1 Å². The zero-order valence-electron chi connectivity index (χ0n) is 22.3. The van der Waals surface area contributed by atoms with Gasteiger partial charge in [0.1, 0.15) is 10.7 Å². The lowest BCUT2D eigenvalue weighted by molar-refractivity contribution is -0.150. The second-order valence-corrected chi connectivity index (χ2v) is 13.9. The highest BCUT2D eigenvalue weighted by Crippen LogP contribution is 2.44. The fraction of sp³-hybridized carbons (Fsp3) is 0.448. The maximum atomic E-state index is 12.7. The molecule has 0 spiro atoms. The maximum absolute atomic E-state index is 12.7. The molecule has 1 N–H and O–H groups in total. The molecule has 35 heavy (non-hydrogen) atoms. The van der Waals surface area contributed by atoms with Crippen LogP contribution in [0.2, 0.25) is 0 Å². The summed E-state index contributed by atoms with van der Waals surface area (Å²) >= 11 is 7.81. The highest BCUT2D eigenvalue weighted by molar-refractivity contribution is 8.00. The lowest BCUT2D eigenvalue weighted by Crippen LogP contribution is -2.30. The van der Waals surface area contributed by atoms with Crippen LogP contribution >= 0.6 is 24.0 Å². The third-order valence-corrected chi connectivity index (χ3v) is 7.64. The van der Waals surface area contributed by atoms with Gasteiger partial charge in [-0.15, -0.1) is 11.8 Å². The highest BCUT2D eigenvalue weighted by Gasteiger charge is 2.34. The zero-order valence-corrected chi connectivity index (χ0v) is 23.9. The van der Waals surface area contributed by atoms with Gasteiger partial charge in [0.2, 0.25) is 0 Å². The van der Waals surface area contributed by atoms with E-state index in [1.54, 1.807) is 23.9 Å². The number of methoxy groups -OCH3 is 1. The van der Waals surface area contributed by atoms with Crippen LogP contribution in [0, 0.1) is 5.41 Å². The summed E-state index contributed by atoms with van der Waals surface area (Å²) in [4.78, 5) is 14.4. The molecule has 1 heterocycles. The van der Waals surface area contributed by atoms with Crippen LogP contribution in [0.25, 0.3) is 10.9 Å². The summed E-state index contributed by atoms with van der Waals surface area (Å²) < 4.78 is 7.11. The monoisotopic (exact) mass is 511 g/mol. The van der Waals surface area contributed by atoms with Gasteiger partial charge >= 0.3 is 5.97 Å². The molecular formula is C29H37NO3S2. The molecular weight excluding hydrogens is 474 g/mol. The van der Waals surface area contributed by atoms with Crippen molar-refractivity contribution in [3.8, 4) is 5.75 Å². The Labute approximate surface area is 219 Å². The van der Waals surface area contributed by atoms with Crippen molar-refractivity contribution < 1.29 is 14.6 Å². The van der Waals surface area contributed by atoms with Crippen LogP contribution in [-0.2, 0) is 21.4 Å². The number of aromatic nitrogens is 1. The van der Waals surface area contributed by atoms with Crippen LogP contribution in [0.3, 0.4) is 0 Å². The number of nitrogens with zero attached hydrogens (tertiary/aromatic N) is 1. The first-order valence-corrected chi connectivity index (χ1v) is 13.1. The van der Waals surface area contributed by atoms with Crippen molar-refractivity contribution in [1.29, 1.82) is 0 Å². The standard InChI is InChI=1S/C29H37NO3S2/c1-27(2,3)19-12-10-18(11-13-19)25(34)30-22-15-14-20(31)16-21(22)24(35-28(4,5)6)23(30)17-29(7,8)26(32)33-9/h10-16,31H,17H2,1-9H3. The van der Waals surface area contributed by atoms with Gasteiger partial charge in [0.05, 0.1) is 18.0 Å². The second-order valence-electron chi connectivity index (χ2n) is 11.7. The molecule has 3 rings (SSSR count). The number of phenols is 1. The number of phenolic OH excluding ortho intramolecular Hbond substituents is 1. The largest absolute Gasteiger partial charge is 0.508 e. The van der Waals surface area contributed by atoms with Gasteiger partial charge in [-0.1, -0.05) is 78.0 Å². The van der Waals surface area contributed by atoms with Gasteiger partial charge in [-0.2, -0.15) is 0 Å². The van der Waals surface area contributed by atoms with Crippen LogP contribution in [-0.4, -0.2) is 32.5 Å². The number of hydrogen-bond acceptors (Lipinski definition) is 5. The summed E-state index contributed by atoms with van der Waals surface area (Å²) in [5.41, 5.74) is 3.32. The Morgan fingerprint density at radius 3 is 2.11 bits per heavy atom. The maximum Gasteiger partial charge on any atom is 0.311 e. The second kappa shape index (κ2) is 9.62. The van der Waals surface area contributed by atoms with Crippen LogP contribution in [0.1, 0.15) is 72.2 Å². The van der Waals surface area contributed by atoms with E-state index in [1.165, 1.54) is 12.7 Å². The van der Waals surface area contributed by atoms with Gasteiger partial charge in [0.15, 0.2) is 0 Å². The summed E-state index contributed by atoms with van der Waals surface area (Å²) in [6.45, 7) is 16.8. The van der Waals surface area contributed by atoms with E-state index in [9.17, 15) is 9.90 Å². The SMILES string of the molecule is COC(=O)C(C)(C)Cc1c(SC(C)(C)C)c2cc(O)ccc2n1C(=S)c1ccc(C(C)(C)C)cc1. The van der Waals surface area contributed by atoms with Crippen LogP contribution in [0.15, 0.2) is 47.4 Å². The Kier molecular flexibility index (Phi) is 7.50. The molecule has 0 radical (unpaired) electrons. The molecule has 188 valence electrons. The van der Waals surface area contributed by atoms with Crippen molar-refractivity contribution >= 4 is 45.8 Å². The van der Waals surface area contributed by atoms with Gasteiger partial charge in [0, 0.05) is 32.7 Å². The number of fused-ring (bicyclic) bond motifs is 1. The Bertz CT molecular complexity index is 1260. The molecule has 0 amide bonds. The number of thiocarbonyl (C=S) groups is 1. The minimum absolute atomic E-state index is 0.0457. The summed E-state index contributed by atoms with van der Waals surface area (Å²) in [6.07, 6.45) is 0.438. The number of ether oxygens (including phenoxy) is 1. The van der Waals surface area contributed by atoms with Gasteiger partial charge in [-0.25, -0.2) is 0 Å². The first-order chi connectivity index (χ1) is 16.0. The molecule has 1 aromatic heterocycles. The molecule has 0 bridgehead atoms. The minimum Gasteiger partial charge on any atom is -0.508 e. The zero-order chi connectivity index (χ0) is 26.3. The van der Waals surface area contributed by atoms with Crippen molar-refractivity contribution in [2.24, 2.45) is 5.41 Å². The van der Waals surface area contributed by atoms with Gasteiger partial charge < -0.3 is 14.4 Å². The summed E-state index contributed by atoms with van der Waals surface area (Å²) in [7, 11) is 1.42. The number of rotatable bonds is 5. The first-order valence-electron chi connectivity index (χ1n) is 11.8. The molecule has 6 heteroatoms. The fourth-order valence-corrected chi connectivity index (χ4v) is 5.64. The van der Waals surface area contributed by atoms with Gasteiger partial charge in [-0.05, 0) is 43.0 Å². The summed E-state index contributed by atoms with van der Waals surface area (Å²) in [5, 5.41) is 11.3. The summed E-state index contributed by atoms with van der Waals surface area (Å²) in [5.74, 6) is -0.0750. The van der Waals surface area contributed by atoms with E-state index in [-0.39, 0.29) is 21.9 Å². The average Bonchev–Trinajstić information content (AvgIpc) is 3.02. The Morgan fingerprint density at radius 2 is 1.60 bits per heavy atom. The molecule has 0 atom stereocenters. The van der Waals surface area contributed by atoms with Crippen molar-refractivity contribution in [3.05, 3.63) is 59.3 Å². The molecule has 3 aromatic rings. The van der Waals surface area contributed by atoms with Crippen molar-refractivity contribution in [2.45, 2.75) is 76.9 Å². The number of thioether (sulfide) groups is 1. The van der Waals surface area contributed by atoms with Crippen molar-refractivity contribution in [3.63, 3.8) is 0 Å².